The second kappa shape index (κ2) is 4.53. The molecule has 3 heterocycles. The van der Waals surface area contributed by atoms with E-state index in [1.165, 1.54) is 17.5 Å². The molecule has 1 N–H and O–H groups in total. The summed E-state index contributed by atoms with van der Waals surface area (Å²) in [7, 11) is 0. The standard InChI is InChI=1S/C11H9F3N4S/c12-11(13,14)9-6-3-15-2-1-7(6)17-10(18-9)8-4-16-5-19-8/h4-5,15H,1-3H2. The zero-order chi connectivity index (χ0) is 13.5. The van der Waals surface area contributed by atoms with E-state index in [0.717, 1.165) is 0 Å². The highest BCUT2D eigenvalue weighted by atomic mass is 32.1. The fourth-order valence-corrected chi connectivity index (χ4v) is 2.57. The number of hydrogen-bond donors (Lipinski definition) is 1. The van der Waals surface area contributed by atoms with Gasteiger partial charge in [-0.15, -0.1) is 11.3 Å². The van der Waals surface area contributed by atoms with E-state index in [2.05, 4.69) is 20.3 Å². The number of alkyl halides is 3. The Bertz CT molecular complexity index is 595. The first-order valence-corrected chi connectivity index (χ1v) is 6.50. The van der Waals surface area contributed by atoms with Crippen molar-refractivity contribution in [2.75, 3.05) is 6.54 Å². The average Bonchev–Trinajstić information content (AvgIpc) is 2.90. The Kier molecular flexibility index (Phi) is 2.98. The van der Waals surface area contributed by atoms with Crippen molar-refractivity contribution >= 4 is 11.3 Å². The summed E-state index contributed by atoms with van der Waals surface area (Å²) in [6, 6.07) is 0. The third-order valence-corrected chi connectivity index (χ3v) is 3.62. The summed E-state index contributed by atoms with van der Waals surface area (Å²) in [6.45, 7) is 0.788. The number of nitrogens with one attached hydrogen (secondary N) is 1. The third kappa shape index (κ3) is 2.33. The molecule has 0 fully saturated rings. The van der Waals surface area contributed by atoms with E-state index in [9.17, 15) is 13.2 Å². The van der Waals surface area contributed by atoms with Crippen molar-refractivity contribution in [2.24, 2.45) is 0 Å². The third-order valence-electron chi connectivity index (χ3n) is 2.85. The van der Waals surface area contributed by atoms with Gasteiger partial charge in [0.1, 0.15) is 0 Å². The van der Waals surface area contributed by atoms with Gasteiger partial charge in [-0.25, -0.2) is 9.97 Å². The molecular formula is C11H9F3N4S. The summed E-state index contributed by atoms with van der Waals surface area (Å²) in [5, 5.41) is 2.92. The van der Waals surface area contributed by atoms with Gasteiger partial charge in [-0.3, -0.25) is 4.98 Å². The Morgan fingerprint density at radius 1 is 1.26 bits per heavy atom. The van der Waals surface area contributed by atoms with Crippen LogP contribution in [0.4, 0.5) is 13.2 Å². The van der Waals surface area contributed by atoms with Gasteiger partial charge in [0.05, 0.1) is 16.1 Å². The number of nitrogens with zero attached hydrogens (tertiary/aromatic N) is 3. The van der Waals surface area contributed by atoms with E-state index in [1.807, 2.05) is 0 Å². The van der Waals surface area contributed by atoms with Crippen LogP contribution in [0.25, 0.3) is 10.7 Å². The van der Waals surface area contributed by atoms with Gasteiger partial charge in [0.25, 0.3) is 0 Å². The summed E-state index contributed by atoms with van der Waals surface area (Å²) >= 11 is 1.23. The molecule has 0 aromatic carbocycles. The average molecular weight is 286 g/mol. The van der Waals surface area contributed by atoms with Crippen LogP contribution in [0.15, 0.2) is 11.7 Å². The number of thiazole rings is 1. The van der Waals surface area contributed by atoms with E-state index in [-0.39, 0.29) is 17.9 Å². The molecule has 0 bridgehead atoms. The van der Waals surface area contributed by atoms with Crippen LogP contribution in [0.2, 0.25) is 0 Å². The molecule has 0 amide bonds. The van der Waals surface area contributed by atoms with Crippen molar-refractivity contribution in [3.63, 3.8) is 0 Å². The van der Waals surface area contributed by atoms with E-state index < -0.39 is 11.9 Å². The van der Waals surface area contributed by atoms with Crippen LogP contribution in [0, 0.1) is 0 Å². The number of fused-ring (bicyclic) bond motifs is 1. The molecule has 0 radical (unpaired) electrons. The molecule has 0 saturated heterocycles. The lowest BCUT2D eigenvalue weighted by Gasteiger charge is -2.20. The first-order valence-electron chi connectivity index (χ1n) is 5.62. The van der Waals surface area contributed by atoms with Crippen molar-refractivity contribution in [3.8, 4) is 10.7 Å². The summed E-state index contributed by atoms with van der Waals surface area (Å²) in [5.41, 5.74) is 1.34. The normalized spacial score (nSPS) is 15.3. The molecule has 1 aliphatic rings. The van der Waals surface area contributed by atoms with Crippen LogP contribution in [-0.4, -0.2) is 21.5 Å². The van der Waals surface area contributed by atoms with Gasteiger partial charge < -0.3 is 5.32 Å². The Labute approximate surface area is 110 Å². The molecule has 19 heavy (non-hydrogen) atoms. The van der Waals surface area contributed by atoms with E-state index in [0.29, 0.717) is 23.5 Å². The van der Waals surface area contributed by atoms with Crippen LogP contribution in [0.1, 0.15) is 17.0 Å². The molecule has 2 aromatic rings. The Morgan fingerprint density at radius 2 is 2.11 bits per heavy atom. The first-order chi connectivity index (χ1) is 9.05. The number of halogens is 3. The van der Waals surface area contributed by atoms with Gasteiger partial charge in [-0.1, -0.05) is 0 Å². The second-order valence-electron chi connectivity index (χ2n) is 4.11. The van der Waals surface area contributed by atoms with Crippen LogP contribution >= 0.6 is 11.3 Å². The highest BCUT2D eigenvalue weighted by Crippen LogP contribution is 2.34. The molecule has 0 aliphatic carbocycles. The van der Waals surface area contributed by atoms with Crippen LogP contribution in [0.5, 0.6) is 0 Å². The van der Waals surface area contributed by atoms with Crippen molar-refractivity contribution < 1.29 is 13.2 Å². The predicted molar refractivity (Wildman–Crippen MR) is 63.6 cm³/mol. The topological polar surface area (TPSA) is 50.7 Å². The molecule has 2 aromatic heterocycles. The molecule has 8 heteroatoms. The molecule has 100 valence electrons. The van der Waals surface area contributed by atoms with E-state index >= 15 is 0 Å². The molecule has 4 nitrogen and oxygen atoms in total. The highest BCUT2D eigenvalue weighted by molar-refractivity contribution is 7.13. The van der Waals surface area contributed by atoms with Gasteiger partial charge in [-0.05, 0) is 0 Å². The molecular weight excluding hydrogens is 277 g/mol. The Morgan fingerprint density at radius 3 is 2.79 bits per heavy atom. The lowest BCUT2D eigenvalue weighted by molar-refractivity contribution is -0.142. The Balaban J connectivity index is 2.19. The fraction of sp³-hybridized carbons (Fsp3) is 0.364. The van der Waals surface area contributed by atoms with Crippen LogP contribution in [-0.2, 0) is 19.1 Å². The molecule has 1 aliphatic heterocycles. The first kappa shape index (κ1) is 12.5. The lowest BCUT2D eigenvalue weighted by Crippen LogP contribution is -2.29. The maximum absolute atomic E-state index is 13.1. The maximum atomic E-state index is 13.1. The molecule has 0 unspecified atom stereocenters. The second-order valence-corrected chi connectivity index (χ2v) is 5.00. The van der Waals surface area contributed by atoms with Gasteiger partial charge in [0, 0.05) is 31.3 Å². The summed E-state index contributed by atoms with van der Waals surface area (Å²) in [5.74, 6) is 0.107. The van der Waals surface area contributed by atoms with E-state index in [1.54, 1.807) is 5.51 Å². The maximum Gasteiger partial charge on any atom is 0.433 e. The molecule has 0 atom stereocenters. The molecule has 0 spiro atoms. The van der Waals surface area contributed by atoms with E-state index in [4.69, 9.17) is 0 Å². The van der Waals surface area contributed by atoms with Gasteiger partial charge in [-0.2, -0.15) is 13.2 Å². The van der Waals surface area contributed by atoms with Crippen molar-refractivity contribution in [1.29, 1.82) is 0 Å². The number of aromatic nitrogens is 3. The summed E-state index contributed by atoms with van der Waals surface area (Å²) in [4.78, 5) is 12.3. The minimum absolute atomic E-state index is 0.107. The monoisotopic (exact) mass is 286 g/mol. The highest BCUT2D eigenvalue weighted by Gasteiger charge is 2.38. The van der Waals surface area contributed by atoms with Crippen LogP contribution in [0.3, 0.4) is 0 Å². The summed E-state index contributed by atoms with van der Waals surface area (Å²) in [6.07, 6.45) is -2.51. The van der Waals surface area contributed by atoms with Crippen molar-refractivity contribution in [2.45, 2.75) is 19.1 Å². The van der Waals surface area contributed by atoms with Crippen molar-refractivity contribution in [3.05, 3.63) is 28.7 Å². The zero-order valence-corrected chi connectivity index (χ0v) is 10.5. The molecule has 0 saturated carbocycles. The van der Waals surface area contributed by atoms with Crippen LogP contribution < -0.4 is 5.32 Å². The summed E-state index contributed by atoms with van der Waals surface area (Å²) < 4.78 is 39.2. The fourth-order valence-electron chi connectivity index (χ4n) is 2.01. The quantitative estimate of drug-likeness (QED) is 0.873. The SMILES string of the molecule is FC(F)(F)c1nc(-c2cncs2)nc2c1CNCC2. The zero-order valence-electron chi connectivity index (χ0n) is 9.66. The largest absolute Gasteiger partial charge is 0.433 e. The van der Waals surface area contributed by atoms with Gasteiger partial charge in [0.2, 0.25) is 0 Å². The van der Waals surface area contributed by atoms with Gasteiger partial charge in [0.15, 0.2) is 11.5 Å². The predicted octanol–water partition coefficient (Wildman–Crippen LogP) is 2.26. The number of rotatable bonds is 1. The molecule has 3 rings (SSSR count). The minimum Gasteiger partial charge on any atom is -0.312 e. The number of hydrogen-bond acceptors (Lipinski definition) is 5. The Hall–Kier alpha value is -1.54. The van der Waals surface area contributed by atoms with Gasteiger partial charge >= 0.3 is 6.18 Å². The lowest BCUT2D eigenvalue weighted by atomic mass is 10.0. The smallest absolute Gasteiger partial charge is 0.312 e. The minimum atomic E-state index is -4.47. The van der Waals surface area contributed by atoms with Crippen molar-refractivity contribution in [1.82, 2.24) is 20.3 Å².